The highest BCUT2D eigenvalue weighted by Crippen LogP contribution is 2.70. The summed E-state index contributed by atoms with van der Waals surface area (Å²) in [5.41, 5.74) is 1.98. The van der Waals surface area contributed by atoms with Crippen molar-refractivity contribution in [2.45, 2.75) is 58.8 Å². The largest absolute Gasteiger partial charge is 0.127 e. The van der Waals surface area contributed by atoms with Crippen LogP contribution in [0.1, 0.15) is 58.8 Å². The lowest BCUT2D eigenvalue weighted by Gasteiger charge is -2.65. The second kappa shape index (κ2) is 2.94. The van der Waals surface area contributed by atoms with Crippen LogP contribution < -0.4 is 0 Å². The Morgan fingerprint density at radius 2 is 1.60 bits per heavy atom. The Kier molecular flexibility index (Phi) is 2.05. The van der Waals surface area contributed by atoms with Crippen LogP contribution in [0.3, 0.4) is 0 Å². The van der Waals surface area contributed by atoms with Crippen LogP contribution in [0.5, 0.6) is 0 Å². The highest BCUT2D eigenvalue weighted by molar-refractivity contribution is 6.17. The van der Waals surface area contributed by atoms with Crippen molar-refractivity contribution >= 4 is 11.6 Å². The molecule has 0 aliphatic heterocycles. The van der Waals surface area contributed by atoms with Gasteiger partial charge in [-0.05, 0) is 67.1 Å². The van der Waals surface area contributed by atoms with E-state index in [0.717, 1.165) is 11.8 Å². The van der Waals surface area contributed by atoms with E-state index in [9.17, 15) is 0 Å². The molecule has 4 saturated carbocycles. The summed E-state index contributed by atoms with van der Waals surface area (Å²) >= 11 is 6.03. The van der Waals surface area contributed by atoms with Crippen LogP contribution in [0.2, 0.25) is 0 Å². The third-order valence-corrected chi connectivity index (χ3v) is 5.56. The lowest BCUT2D eigenvalue weighted by molar-refractivity contribution is -0.145. The van der Waals surface area contributed by atoms with Gasteiger partial charge in [-0.15, -0.1) is 11.6 Å². The molecule has 86 valence electrons. The summed E-state index contributed by atoms with van der Waals surface area (Å²) in [6, 6.07) is 0. The number of rotatable bonds is 2. The zero-order valence-electron chi connectivity index (χ0n) is 10.1. The third kappa shape index (κ3) is 1.55. The summed E-state index contributed by atoms with van der Waals surface area (Å²) < 4.78 is 0. The molecule has 1 heteroatoms. The average molecular weight is 227 g/mol. The monoisotopic (exact) mass is 226 g/mol. The molecule has 0 N–H and O–H groups in total. The van der Waals surface area contributed by atoms with Gasteiger partial charge in [-0.25, -0.2) is 0 Å². The minimum atomic E-state index is 0.644. The summed E-state index contributed by atoms with van der Waals surface area (Å²) in [5, 5.41) is 0. The van der Waals surface area contributed by atoms with Crippen LogP contribution >= 0.6 is 11.6 Å². The first kappa shape index (κ1) is 10.4. The highest BCUT2D eigenvalue weighted by Gasteiger charge is 2.59. The van der Waals surface area contributed by atoms with Gasteiger partial charge < -0.3 is 0 Å². The van der Waals surface area contributed by atoms with E-state index in [1.165, 1.54) is 44.9 Å². The zero-order valence-corrected chi connectivity index (χ0v) is 10.9. The Morgan fingerprint density at radius 1 is 1.00 bits per heavy atom. The van der Waals surface area contributed by atoms with Crippen LogP contribution in [0, 0.1) is 22.2 Å². The number of hydrogen-bond donors (Lipinski definition) is 0. The first-order valence-electron chi connectivity index (χ1n) is 6.53. The van der Waals surface area contributed by atoms with E-state index >= 15 is 0 Å². The van der Waals surface area contributed by atoms with Crippen LogP contribution in [0.4, 0.5) is 0 Å². The minimum Gasteiger partial charge on any atom is -0.127 e. The predicted octanol–water partition coefficient (Wildman–Crippen LogP) is 4.61. The van der Waals surface area contributed by atoms with E-state index in [0.29, 0.717) is 16.2 Å². The van der Waals surface area contributed by atoms with Crippen molar-refractivity contribution < 1.29 is 0 Å². The topological polar surface area (TPSA) is 0 Å². The van der Waals surface area contributed by atoms with E-state index in [1.54, 1.807) is 0 Å². The standard InChI is InChI=1S/C14H23Cl/c1-12-5-11-6-13(2,8-12)10-14(7-11,9-12)3-4-15/h11H,3-10H2,1-2H3. The second-order valence-electron chi connectivity index (χ2n) is 7.57. The van der Waals surface area contributed by atoms with Gasteiger partial charge in [0.1, 0.15) is 0 Å². The molecule has 0 saturated heterocycles. The number of alkyl halides is 1. The second-order valence-corrected chi connectivity index (χ2v) is 7.95. The Hall–Kier alpha value is 0.290. The molecule has 0 spiro atoms. The normalized spacial score (nSPS) is 57.4. The van der Waals surface area contributed by atoms with E-state index < -0.39 is 0 Å². The Bertz CT molecular complexity index is 265. The molecule has 0 heterocycles. The summed E-state index contributed by atoms with van der Waals surface area (Å²) in [7, 11) is 0. The molecule has 4 rings (SSSR count). The Balaban J connectivity index is 1.94. The molecule has 4 fully saturated rings. The lowest BCUT2D eigenvalue weighted by atomic mass is 9.40. The number of hydrogen-bond acceptors (Lipinski definition) is 0. The molecule has 0 aromatic carbocycles. The van der Waals surface area contributed by atoms with Crippen molar-refractivity contribution in [1.82, 2.24) is 0 Å². The van der Waals surface area contributed by atoms with Gasteiger partial charge in [-0.2, -0.15) is 0 Å². The van der Waals surface area contributed by atoms with E-state index in [1.807, 2.05) is 0 Å². The van der Waals surface area contributed by atoms with Gasteiger partial charge in [0, 0.05) is 5.88 Å². The van der Waals surface area contributed by atoms with Gasteiger partial charge in [0.2, 0.25) is 0 Å². The van der Waals surface area contributed by atoms with Crippen molar-refractivity contribution in [3.63, 3.8) is 0 Å². The van der Waals surface area contributed by atoms with Crippen molar-refractivity contribution in [1.29, 1.82) is 0 Å². The maximum Gasteiger partial charge on any atom is 0.0228 e. The summed E-state index contributed by atoms with van der Waals surface area (Å²) in [6.07, 6.45) is 10.2. The maximum atomic E-state index is 6.03. The Morgan fingerprint density at radius 3 is 2.07 bits per heavy atom. The molecule has 0 aromatic heterocycles. The molecule has 4 bridgehead atoms. The first-order chi connectivity index (χ1) is 6.97. The van der Waals surface area contributed by atoms with Gasteiger partial charge in [-0.1, -0.05) is 13.8 Å². The predicted molar refractivity (Wildman–Crippen MR) is 65.2 cm³/mol. The fraction of sp³-hybridized carbons (Fsp3) is 1.00. The summed E-state index contributed by atoms with van der Waals surface area (Å²) in [6.45, 7) is 5.08. The van der Waals surface area contributed by atoms with E-state index in [2.05, 4.69) is 13.8 Å². The van der Waals surface area contributed by atoms with Gasteiger partial charge >= 0.3 is 0 Å². The van der Waals surface area contributed by atoms with Gasteiger partial charge in [0.15, 0.2) is 0 Å². The van der Waals surface area contributed by atoms with Crippen molar-refractivity contribution in [2.75, 3.05) is 5.88 Å². The Labute approximate surface area is 98.8 Å². The molecule has 0 radical (unpaired) electrons. The molecular formula is C14H23Cl. The lowest BCUT2D eigenvalue weighted by Crippen LogP contribution is -2.55. The van der Waals surface area contributed by atoms with E-state index in [4.69, 9.17) is 11.6 Å². The number of halogens is 1. The molecule has 2 atom stereocenters. The highest BCUT2D eigenvalue weighted by atomic mass is 35.5. The average Bonchev–Trinajstić information content (AvgIpc) is 1.94. The fourth-order valence-corrected chi connectivity index (χ4v) is 6.56. The van der Waals surface area contributed by atoms with E-state index in [-0.39, 0.29) is 0 Å². The summed E-state index contributed by atoms with van der Waals surface area (Å²) in [5.74, 6) is 1.90. The smallest absolute Gasteiger partial charge is 0.0228 e. The zero-order chi connectivity index (χ0) is 10.7. The van der Waals surface area contributed by atoms with Crippen LogP contribution in [0.25, 0.3) is 0 Å². The van der Waals surface area contributed by atoms with Crippen molar-refractivity contribution in [3.05, 3.63) is 0 Å². The maximum absolute atomic E-state index is 6.03. The third-order valence-electron chi connectivity index (χ3n) is 5.37. The quantitative estimate of drug-likeness (QED) is 0.604. The molecule has 0 aromatic rings. The molecule has 2 unspecified atom stereocenters. The molecular weight excluding hydrogens is 204 g/mol. The summed E-state index contributed by atoms with van der Waals surface area (Å²) in [4.78, 5) is 0. The molecule has 0 amide bonds. The molecule has 15 heavy (non-hydrogen) atoms. The van der Waals surface area contributed by atoms with Crippen LogP contribution in [-0.4, -0.2) is 5.88 Å². The van der Waals surface area contributed by atoms with Gasteiger partial charge in [0.05, 0.1) is 0 Å². The van der Waals surface area contributed by atoms with Gasteiger partial charge in [0.25, 0.3) is 0 Å². The molecule has 0 nitrogen and oxygen atoms in total. The van der Waals surface area contributed by atoms with Crippen molar-refractivity contribution in [3.8, 4) is 0 Å². The van der Waals surface area contributed by atoms with Crippen molar-refractivity contribution in [2.24, 2.45) is 22.2 Å². The van der Waals surface area contributed by atoms with Crippen LogP contribution in [-0.2, 0) is 0 Å². The minimum absolute atomic E-state index is 0.644. The first-order valence-corrected chi connectivity index (χ1v) is 7.06. The fourth-order valence-electron chi connectivity index (χ4n) is 6.16. The van der Waals surface area contributed by atoms with Crippen LogP contribution in [0.15, 0.2) is 0 Å². The van der Waals surface area contributed by atoms with Gasteiger partial charge in [-0.3, -0.25) is 0 Å². The molecule has 4 aliphatic carbocycles. The molecule has 4 aliphatic rings. The SMILES string of the molecule is CC12CC3CC(C)(C1)CC(CCCl)(C3)C2.